The van der Waals surface area contributed by atoms with Crippen LogP contribution in [0.2, 0.25) is 0 Å². The topological polar surface area (TPSA) is 64.4 Å². The Morgan fingerprint density at radius 2 is 2.06 bits per heavy atom. The van der Waals surface area contributed by atoms with E-state index in [0.717, 1.165) is 0 Å². The molecule has 0 bridgehead atoms. The van der Waals surface area contributed by atoms with Gasteiger partial charge in [0, 0.05) is 26.3 Å². The molecule has 0 saturated carbocycles. The largest absolute Gasteiger partial charge is 0.383 e. The number of hydrogen-bond donors (Lipinski definition) is 0. The smallest absolute Gasteiger partial charge is 0.274 e. The van der Waals surface area contributed by atoms with Crippen LogP contribution in [0.5, 0.6) is 0 Å². The predicted molar refractivity (Wildman–Crippen MR) is 67.6 cm³/mol. The molecule has 100 valence electrons. The van der Waals surface area contributed by atoms with E-state index < -0.39 is 0 Å². The lowest BCUT2D eigenvalue weighted by molar-refractivity contribution is 0.0763. The van der Waals surface area contributed by atoms with E-state index in [9.17, 15) is 9.59 Å². The highest BCUT2D eigenvalue weighted by Gasteiger charge is 2.14. The van der Waals surface area contributed by atoms with Crippen LogP contribution in [0.25, 0.3) is 0 Å². The standard InChI is InChI=1S/C12H19N3O3/c1-4-14(5-2)12(17)10-6-7-11(16)15(13-10)8-9-18-3/h6-7H,4-5,8-9H2,1-3H3. The maximum Gasteiger partial charge on any atom is 0.274 e. The van der Waals surface area contributed by atoms with Gasteiger partial charge >= 0.3 is 0 Å². The van der Waals surface area contributed by atoms with Gasteiger partial charge in [0.1, 0.15) is 5.69 Å². The lowest BCUT2D eigenvalue weighted by Gasteiger charge is -2.18. The van der Waals surface area contributed by atoms with E-state index in [2.05, 4.69) is 5.10 Å². The second-order valence-corrected chi connectivity index (χ2v) is 3.75. The van der Waals surface area contributed by atoms with Gasteiger partial charge in [-0.25, -0.2) is 4.68 Å². The number of nitrogens with zero attached hydrogens (tertiary/aromatic N) is 3. The molecule has 0 saturated heterocycles. The molecule has 6 heteroatoms. The Morgan fingerprint density at radius 3 is 2.61 bits per heavy atom. The second kappa shape index (κ2) is 6.90. The number of rotatable bonds is 6. The Balaban J connectivity index is 2.96. The molecule has 0 radical (unpaired) electrons. The van der Waals surface area contributed by atoms with E-state index in [1.165, 1.54) is 16.8 Å². The molecule has 18 heavy (non-hydrogen) atoms. The molecule has 0 aromatic carbocycles. The first-order valence-corrected chi connectivity index (χ1v) is 6.00. The molecule has 1 amide bonds. The van der Waals surface area contributed by atoms with Crippen molar-refractivity contribution < 1.29 is 9.53 Å². The Bertz CT molecular complexity index is 452. The van der Waals surface area contributed by atoms with Crippen LogP contribution in [-0.2, 0) is 11.3 Å². The maximum absolute atomic E-state index is 12.1. The zero-order valence-corrected chi connectivity index (χ0v) is 11.0. The van der Waals surface area contributed by atoms with E-state index in [4.69, 9.17) is 4.74 Å². The van der Waals surface area contributed by atoms with E-state index >= 15 is 0 Å². The summed E-state index contributed by atoms with van der Waals surface area (Å²) in [5.74, 6) is -0.161. The third-order valence-corrected chi connectivity index (χ3v) is 2.64. The van der Waals surface area contributed by atoms with Gasteiger partial charge in [-0.3, -0.25) is 9.59 Å². The van der Waals surface area contributed by atoms with Crippen molar-refractivity contribution in [3.8, 4) is 0 Å². The van der Waals surface area contributed by atoms with Crippen molar-refractivity contribution in [1.29, 1.82) is 0 Å². The van der Waals surface area contributed by atoms with Crippen molar-refractivity contribution in [2.45, 2.75) is 20.4 Å². The second-order valence-electron chi connectivity index (χ2n) is 3.75. The first-order valence-electron chi connectivity index (χ1n) is 6.00. The van der Waals surface area contributed by atoms with Gasteiger partial charge in [-0.15, -0.1) is 0 Å². The van der Waals surface area contributed by atoms with Crippen LogP contribution < -0.4 is 5.56 Å². The summed E-state index contributed by atoms with van der Waals surface area (Å²) in [4.78, 5) is 25.3. The zero-order valence-electron chi connectivity index (χ0n) is 11.0. The zero-order chi connectivity index (χ0) is 13.5. The van der Waals surface area contributed by atoms with Crippen LogP contribution in [0.3, 0.4) is 0 Å². The van der Waals surface area contributed by atoms with Crippen molar-refractivity contribution in [2.24, 2.45) is 0 Å². The molecular weight excluding hydrogens is 234 g/mol. The van der Waals surface area contributed by atoms with Crippen LogP contribution >= 0.6 is 0 Å². The van der Waals surface area contributed by atoms with Gasteiger partial charge < -0.3 is 9.64 Å². The molecule has 0 aliphatic heterocycles. The van der Waals surface area contributed by atoms with Gasteiger partial charge in [0.25, 0.3) is 11.5 Å². The minimum absolute atomic E-state index is 0.161. The van der Waals surface area contributed by atoms with Crippen molar-refractivity contribution in [1.82, 2.24) is 14.7 Å². The highest BCUT2D eigenvalue weighted by atomic mass is 16.5. The Morgan fingerprint density at radius 1 is 1.39 bits per heavy atom. The summed E-state index contributed by atoms with van der Waals surface area (Å²) in [7, 11) is 1.55. The molecule has 0 unspecified atom stereocenters. The number of ether oxygens (including phenoxy) is 1. The van der Waals surface area contributed by atoms with E-state index in [-0.39, 0.29) is 17.2 Å². The first kappa shape index (κ1) is 14.4. The van der Waals surface area contributed by atoms with Gasteiger partial charge in [-0.1, -0.05) is 0 Å². The molecule has 0 aliphatic rings. The average molecular weight is 253 g/mol. The minimum atomic E-state index is -0.233. The fourth-order valence-corrected chi connectivity index (χ4v) is 1.57. The van der Waals surface area contributed by atoms with Crippen LogP contribution in [0, 0.1) is 0 Å². The van der Waals surface area contributed by atoms with Crippen molar-refractivity contribution in [2.75, 3.05) is 26.8 Å². The molecule has 0 aliphatic carbocycles. The summed E-state index contributed by atoms with van der Waals surface area (Å²) >= 11 is 0. The summed E-state index contributed by atoms with van der Waals surface area (Å²) in [6.45, 7) is 5.78. The molecule has 1 rings (SSSR count). The number of aromatic nitrogens is 2. The van der Waals surface area contributed by atoms with Gasteiger partial charge in [-0.2, -0.15) is 5.10 Å². The maximum atomic E-state index is 12.1. The first-order chi connectivity index (χ1) is 8.63. The molecular formula is C12H19N3O3. The van der Waals surface area contributed by atoms with Crippen molar-refractivity contribution in [3.05, 3.63) is 28.2 Å². The van der Waals surface area contributed by atoms with Gasteiger partial charge in [0.15, 0.2) is 0 Å². The molecule has 0 atom stereocenters. The molecule has 0 N–H and O–H groups in total. The van der Waals surface area contributed by atoms with E-state index in [1.54, 1.807) is 12.0 Å². The quantitative estimate of drug-likeness (QED) is 0.735. The molecule has 0 fully saturated rings. The highest BCUT2D eigenvalue weighted by Crippen LogP contribution is 1.99. The fourth-order valence-electron chi connectivity index (χ4n) is 1.57. The van der Waals surface area contributed by atoms with E-state index in [1.807, 2.05) is 13.8 Å². The molecule has 1 aromatic heterocycles. The van der Waals surface area contributed by atoms with Crippen LogP contribution in [-0.4, -0.2) is 47.4 Å². The summed E-state index contributed by atoms with van der Waals surface area (Å²) in [5.41, 5.74) is 0.0533. The van der Waals surface area contributed by atoms with Crippen molar-refractivity contribution in [3.63, 3.8) is 0 Å². The third-order valence-electron chi connectivity index (χ3n) is 2.64. The third kappa shape index (κ3) is 3.40. The predicted octanol–water partition coefficient (Wildman–Crippen LogP) is 0.372. The van der Waals surface area contributed by atoms with Gasteiger partial charge in [0.05, 0.1) is 13.2 Å². The molecule has 0 spiro atoms. The van der Waals surface area contributed by atoms with Crippen LogP contribution in [0.15, 0.2) is 16.9 Å². The number of hydrogen-bond acceptors (Lipinski definition) is 4. The summed E-state index contributed by atoms with van der Waals surface area (Å²) in [5, 5.41) is 4.06. The highest BCUT2D eigenvalue weighted by molar-refractivity contribution is 5.92. The normalized spacial score (nSPS) is 10.4. The number of carbonyl (C=O) groups is 1. The summed E-state index contributed by atoms with van der Waals surface area (Å²) in [6, 6.07) is 2.83. The summed E-state index contributed by atoms with van der Waals surface area (Å²) < 4.78 is 6.15. The van der Waals surface area contributed by atoms with Crippen LogP contribution in [0.1, 0.15) is 24.3 Å². The Labute approximate surface area is 106 Å². The van der Waals surface area contributed by atoms with E-state index in [0.29, 0.717) is 26.2 Å². The van der Waals surface area contributed by atoms with Crippen molar-refractivity contribution >= 4 is 5.91 Å². The monoisotopic (exact) mass is 253 g/mol. The Kier molecular flexibility index (Phi) is 5.51. The lowest BCUT2D eigenvalue weighted by Crippen LogP contribution is -2.34. The van der Waals surface area contributed by atoms with Gasteiger partial charge in [0.2, 0.25) is 0 Å². The molecule has 1 heterocycles. The minimum Gasteiger partial charge on any atom is -0.383 e. The number of methoxy groups -OCH3 is 1. The van der Waals surface area contributed by atoms with Crippen LogP contribution in [0.4, 0.5) is 0 Å². The fraction of sp³-hybridized carbons (Fsp3) is 0.583. The summed E-state index contributed by atoms with van der Waals surface area (Å²) in [6.07, 6.45) is 0. The molecule has 6 nitrogen and oxygen atoms in total. The number of amides is 1. The number of carbonyl (C=O) groups excluding carboxylic acids is 1. The molecule has 1 aromatic rings. The average Bonchev–Trinajstić information content (AvgIpc) is 2.39. The SMILES string of the molecule is CCN(CC)C(=O)c1ccc(=O)n(CCOC)n1. The Hall–Kier alpha value is -1.69. The van der Waals surface area contributed by atoms with Gasteiger partial charge in [-0.05, 0) is 19.9 Å². The lowest BCUT2D eigenvalue weighted by atomic mass is 10.3.